The van der Waals surface area contributed by atoms with Crippen molar-refractivity contribution >= 4 is 50.6 Å². The third kappa shape index (κ3) is 4.49. The number of nitro groups is 1. The van der Waals surface area contributed by atoms with Crippen LogP contribution in [0.25, 0.3) is 21.3 Å². The molecule has 0 saturated heterocycles. The highest BCUT2D eigenvalue weighted by Crippen LogP contribution is 2.35. The van der Waals surface area contributed by atoms with Gasteiger partial charge in [-0.05, 0) is 18.6 Å². The Labute approximate surface area is 184 Å². The number of carbonyl (C=O) groups excluding carboxylic acids is 1. The molecule has 2 N–H and O–H groups in total. The van der Waals surface area contributed by atoms with Crippen molar-refractivity contribution in [3.05, 3.63) is 79.9 Å². The Kier molecular flexibility index (Phi) is 5.83. The fourth-order valence-electron chi connectivity index (χ4n) is 3.15. The van der Waals surface area contributed by atoms with Gasteiger partial charge in [0.2, 0.25) is 5.91 Å². The number of fused-ring (bicyclic) bond motifs is 1. The molecule has 2 aromatic heterocycles. The van der Waals surface area contributed by atoms with Gasteiger partial charge in [0.25, 0.3) is 11.2 Å². The number of aryl methyl sites for hydroxylation is 1. The van der Waals surface area contributed by atoms with Crippen molar-refractivity contribution in [1.29, 1.82) is 0 Å². The predicted molar refractivity (Wildman–Crippen MR) is 123 cm³/mol. The molecule has 2 aromatic carbocycles. The number of non-ortho nitro benzene ring substituents is 1. The molecule has 0 atom stereocenters. The number of aromatic amines is 1. The zero-order valence-electron chi connectivity index (χ0n) is 16.2. The Morgan fingerprint density at radius 1 is 1.23 bits per heavy atom. The van der Waals surface area contributed by atoms with E-state index in [-0.39, 0.29) is 22.9 Å². The fraction of sp³-hybridized carbons (Fsp3) is 0.0952. The van der Waals surface area contributed by atoms with Gasteiger partial charge in [-0.2, -0.15) is 0 Å². The quantitative estimate of drug-likeness (QED) is 0.191. The second kappa shape index (κ2) is 8.70. The van der Waals surface area contributed by atoms with Crippen LogP contribution in [0.4, 0.5) is 11.4 Å². The smallest absolute Gasteiger partial charge is 0.271 e. The zero-order valence-corrected chi connectivity index (χ0v) is 17.9. The van der Waals surface area contributed by atoms with Crippen LogP contribution in [0.1, 0.15) is 4.88 Å². The first-order chi connectivity index (χ1) is 14.9. The van der Waals surface area contributed by atoms with Crippen molar-refractivity contribution in [2.75, 3.05) is 11.1 Å². The molecule has 10 heteroatoms. The third-order valence-electron chi connectivity index (χ3n) is 4.46. The van der Waals surface area contributed by atoms with Crippen molar-refractivity contribution in [3.63, 3.8) is 0 Å². The molecule has 8 nitrogen and oxygen atoms in total. The number of aromatic nitrogens is 2. The van der Waals surface area contributed by atoms with Gasteiger partial charge in [-0.15, -0.1) is 11.3 Å². The minimum absolute atomic E-state index is 0.00691. The summed E-state index contributed by atoms with van der Waals surface area (Å²) in [5.74, 6) is -0.367. The van der Waals surface area contributed by atoms with E-state index in [1.807, 2.05) is 37.3 Å². The molecule has 2 heterocycles. The number of nitrogens with zero attached hydrogens (tertiary/aromatic N) is 2. The van der Waals surface area contributed by atoms with Gasteiger partial charge in [-0.25, -0.2) is 4.98 Å². The van der Waals surface area contributed by atoms with E-state index in [0.717, 1.165) is 27.8 Å². The molecule has 0 radical (unpaired) electrons. The summed E-state index contributed by atoms with van der Waals surface area (Å²) < 4.78 is 0. The lowest BCUT2D eigenvalue weighted by Crippen LogP contribution is -2.15. The van der Waals surface area contributed by atoms with Crippen molar-refractivity contribution in [3.8, 4) is 11.1 Å². The van der Waals surface area contributed by atoms with E-state index in [0.29, 0.717) is 21.1 Å². The average Bonchev–Trinajstić information content (AvgIpc) is 3.09. The summed E-state index contributed by atoms with van der Waals surface area (Å²) in [6, 6.07) is 15.4. The van der Waals surface area contributed by atoms with Crippen LogP contribution in [0.15, 0.2) is 64.5 Å². The fourth-order valence-corrected chi connectivity index (χ4v) is 4.91. The zero-order chi connectivity index (χ0) is 22.0. The van der Waals surface area contributed by atoms with Gasteiger partial charge in [0.1, 0.15) is 4.83 Å². The number of benzene rings is 2. The molecule has 0 bridgehead atoms. The number of thiophene rings is 1. The number of anilines is 1. The number of amides is 1. The number of hydrogen-bond acceptors (Lipinski definition) is 7. The molecule has 0 unspecified atom stereocenters. The Hall–Kier alpha value is -3.50. The van der Waals surface area contributed by atoms with E-state index in [1.54, 1.807) is 6.07 Å². The van der Waals surface area contributed by atoms with Gasteiger partial charge < -0.3 is 10.3 Å². The van der Waals surface area contributed by atoms with Crippen LogP contribution < -0.4 is 10.9 Å². The molecule has 0 aliphatic rings. The van der Waals surface area contributed by atoms with Gasteiger partial charge >= 0.3 is 0 Å². The normalized spacial score (nSPS) is 10.9. The van der Waals surface area contributed by atoms with Gasteiger partial charge in [-0.3, -0.25) is 19.7 Å². The molecule has 0 fully saturated rings. The molecule has 156 valence electrons. The second-order valence-corrected chi connectivity index (χ2v) is 8.76. The van der Waals surface area contributed by atoms with Gasteiger partial charge in [0.15, 0.2) is 5.16 Å². The first-order valence-corrected chi connectivity index (χ1v) is 11.0. The van der Waals surface area contributed by atoms with Gasteiger partial charge in [0, 0.05) is 28.3 Å². The molecular formula is C21H16N4O4S2. The van der Waals surface area contributed by atoms with E-state index in [2.05, 4.69) is 15.3 Å². The number of H-pyrrole nitrogens is 1. The van der Waals surface area contributed by atoms with Crippen molar-refractivity contribution in [2.24, 2.45) is 0 Å². The lowest BCUT2D eigenvalue weighted by molar-refractivity contribution is -0.384. The highest BCUT2D eigenvalue weighted by Gasteiger charge is 2.17. The lowest BCUT2D eigenvalue weighted by Gasteiger charge is -2.05. The number of hydrogen-bond donors (Lipinski definition) is 2. The summed E-state index contributed by atoms with van der Waals surface area (Å²) in [4.78, 5) is 44.2. The van der Waals surface area contributed by atoms with Crippen LogP contribution >= 0.6 is 23.1 Å². The summed E-state index contributed by atoms with van der Waals surface area (Å²) in [6.45, 7) is 1.95. The summed E-state index contributed by atoms with van der Waals surface area (Å²) in [5.41, 5.74) is 1.79. The average molecular weight is 453 g/mol. The number of carbonyl (C=O) groups is 1. The third-order valence-corrected chi connectivity index (χ3v) is 6.33. The highest BCUT2D eigenvalue weighted by molar-refractivity contribution is 7.99. The minimum Gasteiger partial charge on any atom is -0.325 e. The summed E-state index contributed by atoms with van der Waals surface area (Å²) in [6.07, 6.45) is 0. The Bertz CT molecular complexity index is 1350. The van der Waals surface area contributed by atoms with Crippen LogP contribution in [0.5, 0.6) is 0 Å². The maximum Gasteiger partial charge on any atom is 0.271 e. The van der Waals surface area contributed by atoms with E-state index in [1.165, 1.54) is 29.5 Å². The summed E-state index contributed by atoms with van der Waals surface area (Å²) in [5, 5.41) is 14.3. The number of rotatable bonds is 6. The van der Waals surface area contributed by atoms with Crippen molar-refractivity contribution in [1.82, 2.24) is 9.97 Å². The molecular weight excluding hydrogens is 436 g/mol. The SMILES string of the molecule is Cc1sc2nc(SCC(=O)Nc3cccc([N+](=O)[O-])c3)[nH]c(=O)c2c1-c1ccccc1. The Balaban J connectivity index is 1.52. The molecule has 1 amide bonds. The maximum absolute atomic E-state index is 12.8. The number of thioether (sulfide) groups is 1. The van der Waals surface area contributed by atoms with Crippen LogP contribution in [-0.2, 0) is 4.79 Å². The molecule has 0 aliphatic carbocycles. The Morgan fingerprint density at radius 2 is 2.00 bits per heavy atom. The Morgan fingerprint density at radius 3 is 2.74 bits per heavy atom. The minimum atomic E-state index is -0.527. The topological polar surface area (TPSA) is 118 Å². The van der Waals surface area contributed by atoms with E-state index in [4.69, 9.17) is 0 Å². The van der Waals surface area contributed by atoms with Crippen molar-refractivity contribution in [2.45, 2.75) is 12.1 Å². The monoisotopic (exact) mass is 452 g/mol. The van der Waals surface area contributed by atoms with Crippen LogP contribution in [0.3, 0.4) is 0 Å². The van der Waals surface area contributed by atoms with Gasteiger partial charge in [0.05, 0.1) is 16.1 Å². The van der Waals surface area contributed by atoms with E-state index in [9.17, 15) is 19.7 Å². The molecule has 0 spiro atoms. The molecule has 4 rings (SSSR count). The number of nitrogens with one attached hydrogen (secondary N) is 2. The number of nitro benzene ring substituents is 1. The van der Waals surface area contributed by atoms with E-state index < -0.39 is 4.92 Å². The maximum atomic E-state index is 12.8. The van der Waals surface area contributed by atoms with Crippen molar-refractivity contribution < 1.29 is 9.72 Å². The standard InChI is InChI=1S/C21H16N4O4S2/c1-12-17(13-6-3-2-4-7-13)18-19(27)23-21(24-20(18)31-12)30-11-16(26)22-14-8-5-9-15(10-14)25(28)29/h2-10H,11H2,1H3,(H,22,26)(H,23,24,27). The summed E-state index contributed by atoms with van der Waals surface area (Å²) >= 11 is 2.53. The first-order valence-electron chi connectivity index (χ1n) is 9.18. The first kappa shape index (κ1) is 20.8. The summed E-state index contributed by atoms with van der Waals surface area (Å²) in [7, 11) is 0. The lowest BCUT2D eigenvalue weighted by atomic mass is 10.0. The largest absolute Gasteiger partial charge is 0.325 e. The molecule has 0 aliphatic heterocycles. The molecule has 4 aromatic rings. The van der Waals surface area contributed by atoms with E-state index >= 15 is 0 Å². The van der Waals surface area contributed by atoms with Crippen LogP contribution in [0.2, 0.25) is 0 Å². The van der Waals surface area contributed by atoms with Gasteiger partial charge in [-0.1, -0.05) is 48.2 Å². The van der Waals surface area contributed by atoms with Crippen LogP contribution in [0, 0.1) is 17.0 Å². The predicted octanol–water partition coefficient (Wildman–Crippen LogP) is 4.60. The molecule has 0 saturated carbocycles. The van der Waals surface area contributed by atoms with Crippen LogP contribution in [-0.4, -0.2) is 26.6 Å². The highest BCUT2D eigenvalue weighted by atomic mass is 32.2. The second-order valence-electron chi connectivity index (χ2n) is 6.59. The molecule has 31 heavy (non-hydrogen) atoms.